The molecule has 2 aromatic heterocycles. The molecular weight excluding hydrogens is 238 g/mol. The maximum absolute atomic E-state index is 11.6. The fraction of sp³-hybridized carbons (Fsp3) is 0.273. The second-order valence-electron chi connectivity index (χ2n) is 3.24. The molecule has 0 aromatic carbocycles. The highest BCUT2D eigenvalue weighted by atomic mass is 32.1. The van der Waals surface area contributed by atoms with Crippen molar-refractivity contribution in [1.82, 2.24) is 15.0 Å². The Labute approximate surface area is 103 Å². The first kappa shape index (κ1) is 11.7. The Bertz CT molecular complexity index is 525. The Morgan fingerprint density at radius 2 is 2.35 bits per heavy atom. The van der Waals surface area contributed by atoms with Crippen molar-refractivity contribution in [2.45, 2.75) is 13.8 Å². The van der Waals surface area contributed by atoms with Crippen LogP contribution in [0.15, 0.2) is 18.6 Å². The number of hydrogen-bond acceptors (Lipinski definition) is 6. The number of thiazole rings is 1. The fourth-order valence-corrected chi connectivity index (χ4v) is 2.19. The maximum atomic E-state index is 11.6. The first-order chi connectivity index (χ1) is 8.22. The molecule has 88 valence electrons. The van der Waals surface area contributed by atoms with Crippen LogP contribution in [0.5, 0.6) is 0 Å². The van der Waals surface area contributed by atoms with E-state index in [0.717, 1.165) is 4.88 Å². The van der Waals surface area contributed by atoms with E-state index in [1.54, 1.807) is 19.2 Å². The molecule has 0 fully saturated rings. The van der Waals surface area contributed by atoms with Gasteiger partial charge in [-0.2, -0.15) is 0 Å². The topological polar surface area (TPSA) is 65.0 Å². The van der Waals surface area contributed by atoms with Crippen LogP contribution >= 0.6 is 11.3 Å². The lowest BCUT2D eigenvalue weighted by molar-refractivity contribution is 0.0519. The Morgan fingerprint density at radius 3 is 3.00 bits per heavy atom. The maximum Gasteiger partial charge on any atom is 0.358 e. The average Bonchev–Trinajstić information content (AvgIpc) is 2.73. The summed E-state index contributed by atoms with van der Waals surface area (Å²) in [7, 11) is 0. The van der Waals surface area contributed by atoms with Crippen LogP contribution in [-0.2, 0) is 4.74 Å². The highest BCUT2D eigenvalue weighted by molar-refractivity contribution is 7.15. The molecule has 0 saturated heterocycles. The molecule has 17 heavy (non-hydrogen) atoms. The van der Waals surface area contributed by atoms with Crippen LogP contribution in [0.4, 0.5) is 0 Å². The standard InChI is InChI=1S/C11H11N3O2S/c1-3-16-11(15)9-7(2)17-10(14-9)8-4-5-12-6-13-8/h4-6H,3H2,1-2H3. The van der Waals surface area contributed by atoms with Gasteiger partial charge in [0.05, 0.1) is 6.61 Å². The number of carbonyl (C=O) groups is 1. The summed E-state index contributed by atoms with van der Waals surface area (Å²) in [6, 6.07) is 1.76. The molecule has 0 saturated carbocycles. The van der Waals surface area contributed by atoms with Gasteiger partial charge in [-0.05, 0) is 19.9 Å². The molecule has 0 aliphatic heterocycles. The van der Waals surface area contributed by atoms with Gasteiger partial charge in [-0.1, -0.05) is 0 Å². The molecule has 0 unspecified atom stereocenters. The SMILES string of the molecule is CCOC(=O)c1nc(-c2ccncn2)sc1C. The van der Waals surface area contributed by atoms with Crippen molar-refractivity contribution in [2.75, 3.05) is 6.61 Å². The van der Waals surface area contributed by atoms with Gasteiger partial charge in [0.2, 0.25) is 0 Å². The number of carbonyl (C=O) groups excluding carboxylic acids is 1. The number of rotatable bonds is 3. The van der Waals surface area contributed by atoms with Crippen molar-refractivity contribution in [3.8, 4) is 10.7 Å². The third-order valence-electron chi connectivity index (χ3n) is 2.07. The smallest absolute Gasteiger partial charge is 0.358 e. The molecule has 2 aromatic rings. The lowest BCUT2D eigenvalue weighted by atomic mass is 10.4. The number of nitrogens with zero attached hydrogens (tertiary/aromatic N) is 3. The lowest BCUT2D eigenvalue weighted by Gasteiger charge is -1.97. The molecule has 0 aliphatic carbocycles. The summed E-state index contributed by atoms with van der Waals surface area (Å²) < 4.78 is 4.93. The number of hydrogen-bond donors (Lipinski definition) is 0. The Balaban J connectivity index is 2.34. The molecule has 0 spiro atoms. The van der Waals surface area contributed by atoms with Crippen molar-refractivity contribution >= 4 is 17.3 Å². The Hall–Kier alpha value is -1.82. The van der Waals surface area contributed by atoms with Crippen molar-refractivity contribution in [3.63, 3.8) is 0 Å². The highest BCUT2D eigenvalue weighted by Crippen LogP contribution is 2.26. The van der Waals surface area contributed by atoms with Crippen LogP contribution in [0.3, 0.4) is 0 Å². The van der Waals surface area contributed by atoms with E-state index in [1.807, 2.05) is 6.92 Å². The van der Waals surface area contributed by atoms with E-state index in [4.69, 9.17) is 4.74 Å². The summed E-state index contributed by atoms with van der Waals surface area (Å²) in [6.07, 6.45) is 3.10. The number of aryl methyl sites for hydroxylation is 1. The van der Waals surface area contributed by atoms with E-state index in [9.17, 15) is 4.79 Å². The third-order valence-corrected chi connectivity index (χ3v) is 3.06. The predicted molar refractivity (Wildman–Crippen MR) is 63.8 cm³/mol. The Kier molecular flexibility index (Phi) is 3.43. The first-order valence-corrected chi connectivity index (χ1v) is 5.95. The third kappa shape index (κ3) is 2.47. The van der Waals surface area contributed by atoms with E-state index in [1.165, 1.54) is 17.7 Å². The summed E-state index contributed by atoms with van der Waals surface area (Å²) >= 11 is 1.42. The summed E-state index contributed by atoms with van der Waals surface area (Å²) in [6.45, 7) is 3.96. The van der Waals surface area contributed by atoms with Gasteiger partial charge in [0.1, 0.15) is 17.0 Å². The first-order valence-electron chi connectivity index (χ1n) is 5.13. The van der Waals surface area contributed by atoms with Crippen LogP contribution < -0.4 is 0 Å². The zero-order chi connectivity index (χ0) is 12.3. The van der Waals surface area contributed by atoms with Gasteiger partial charge in [0, 0.05) is 11.1 Å². The van der Waals surface area contributed by atoms with E-state index in [-0.39, 0.29) is 5.97 Å². The lowest BCUT2D eigenvalue weighted by Crippen LogP contribution is -2.06. The predicted octanol–water partition coefficient (Wildman–Crippen LogP) is 2.09. The van der Waals surface area contributed by atoms with Gasteiger partial charge < -0.3 is 4.74 Å². The van der Waals surface area contributed by atoms with Gasteiger partial charge in [-0.3, -0.25) is 0 Å². The van der Waals surface area contributed by atoms with Crippen molar-refractivity contribution in [3.05, 3.63) is 29.2 Å². The summed E-state index contributed by atoms with van der Waals surface area (Å²) in [4.78, 5) is 24.6. The zero-order valence-corrected chi connectivity index (χ0v) is 10.3. The van der Waals surface area contributed by atoms with Crippen molar-refractivity contribution < 1.29 is 9.53 Å². The number of aromatic nitrogens is 3. The van der Waals surface area contributed by atoms with E-state index >= 15 is 0 Å². The molecule has 0 bridgehead atoms. The number of ether oxygens (including phenoxy) is 1. The molecule has 0 amide bonds. The van der Waals surface area contributed by atoms with Gasteiger partial charge in [-0.25, -0.2) is 19.7 Å². The molecule has 0 radical (unpaired) electrons. The van der Waals surface area contributed by atoms with Gasteiger partial charge in [0.15, 0.2) is 5.69 Å². The minimum atomic E-state index is -0.387. The molecule has 0 aliphatic rings. The van der Waals surface area contributed by atoms with Gasteiger partial charge >= 0.3 is 5.97 Å². The van der Waals surface area contributed by atoms with E-state index in [0.29, 0.717) is 23.0 Å². The van der Waals surface area contributed by atoms with Crippen LogP contribution in [-0.4, -0.2) is 27.5 Å². The Morgan fingerprint density at radius 1 is 1.53 bits per heavy atom. The molecule has 2 heterocycles. The van der Waals surface area contributed by atoms with E-state index in [2.05, 4.69) is 15.0 Å². The van der Waals surface area contributed by atoms with Crippen molar-refractivity contribution in [2.24, 2.45) is 0 Å². The van der Waals surface area contributed by atoms with Gasteiger partial charge in [0.25, 0.3) is 0 Å². The summed E-state index contributed by atoms with van der Waals surface area (Å²) in [5.74, 6) is -0.387. The molecule has 0 N–H and O–H groups in total. The monoisotopic (exact) mass is 249 g/mol. The van der Waals surface area contributed by atoms with Crippen molar-refractivity contribution in [1.29, 1.82) is 0 Å². The zero-order valence-electron chi connectivity index (χ0n) is 9.51. The quantitative estimate of drug-likeness (QED) is 0.779. The summed E-state index contributed by atoms with van der Waals surface area (Å²) in [5.41, 5.74) is 1.08. The van der Waals surface area contributed by atoms with Crippen LogP contribution in [0.25, 0.3) is 10.7 Å². The van der Waals surface area contributed by atoms with Gasteiger partial charge in [-0.15, -0.1) is 11.3 Å². The molecule has 0 atom stereocenters. The molecule has 5 nitrogen and oxygen atoms in total. The minimum absolute atomic E-state index is 0.346. The molecular formula is C11H11N3O2S. The normalized spacial score (nSPS) is 10.2. The number of esters is 1. The second kappa shape index (κ2) is 5.01. The van der Waals surface area contributed by atoms with E-state index < -0.39 is 0 Å². The highest BCUT2D eigenvalue weighted by Gasteiger charge is 2.17. The van der Waals surface area contributed by atoms with Crippen LogP contribution in [0, 0.1) is 6.92 Å². The summed E-state index contributed by atoms with van der Waals surface area (Å²) in [5, 5.41) is 0.702. The molecule has 2 rings (SSSR count). The largest absolute Gasteiger partial charge is 0.461 e. The van der Waals surface area contributed by atoms with Crippen LogP contribution in [0.2, 0.25) is 0 Å². The molecule has 6 heteroatoms. The van der Waals surface area contributed by atoms with Crippen LogP contribution in [0.1, 0.15) is 22.3 Å². The second-order valence-corrected chi connectivity index (χ2v) is 4.44. The minimum Gasteiger partial charge on any atom is -0.461 e. The average molecular weight is 249 g/mol. The fourth-order valence-electron chi connectivity index (χ4n) is 1.31.